The Balaban J connectivity index is 0.864. The van der Waals surface area contributed by atoms with Crippen molar-refractivity contribution in [1.82, 2.24) is 0 Å². The van der Waals surface area contributed by atoms with E-state index < -0.39 is 11.8 Å². The summed E-state index contributed by atoms with van der Waals surface area (Å²) in [6, 6.07) is 8.95. The molecule has 10 aromatic rings. The topological polar surface area (TPSA) is 38.8 Å². The fourth-order valence-electron chi connectivity index (χ4n) is 35.4. The summed E-state index contributed by atoms with van der Waals surface area (Å²) >= 11 is 0. The van der Waals surface area contributed by atoms with Crippen LogP contribution in [0, 0.1) is 35.0 Å². The molecule has 24 aliphatic carbocycles. The van der Waals surface area contributed by atoms with Crippen LogP contribution in [0.15, 0.2) is 24.3 Å². The number of hydrogen-bond donors (Lipinski definition) is 0. The van der Waals surface area contributed by atoms with Gasteiger partial charge in [-0.3, -0.25) is 0 Å². The lowest BCUT2D eigenvalue weighted by Crippen LogP contribution is -2.78. The molecule has 1 heterocycles. The van der Waals surface area contributed by atoms with E-state index in [-0.39, 0.29) is 21.7 Å². The van der Waals surface area contributed by atoms with E-state index in [0.717, 1.165) is 18.4 Å². The van der Waals surface area contributed by atoms with Gasteiger partial charge in [0.2, 0.25) is 0 Å². The van der Waals surface area contributed by atoms with Crippen molar-refractivity contribution in [2.24, 2.45) is 35.0 Å². The molecule has 4 nitrogen and oxygen atoms in total. The van der Waals surface area contributed by atoms with E-state index in [9.17, 15) is 4.79 Å². The quantitative estimate of drug-likeness (QED) is 0.0983. The Bertz CT molecular complexity index is 5810. The van der Waals surface area contributed by atoms with Crippen LogP contribution in [-0.4, -0.2) is 24.8 Å². The second-order valence-corrected chi connectivity index (χ2v) is 33.7. The molecule has 0 amide bonds. The Labute approximate surface area is 442 Å². The first-order valence-electron chi connectivity index (χ1n) is 31.5. The molecule has 1 saturated heterocycles. The molecule has 0 N–H and O–H groups in total. The SMILES string of the molecule is CC(C)(C)OC(=O)Oc1ccc(N2CC34C5=c6c7c8c9c%10c%11c%12c%13c%14c%15c%16c%17c(c6c(c%16%13)c%117)C3(C2)C2C%173CC26c2c7c%11c%13c%16c2c2c%17c%18c%19c%20c%21c%22c%23c(c-%13c%21c%18%16)C(C%14C%23C%12C%10C%22C%20C9C9C8C5C(C%17C%199)C4C26)C%11C%15C73)cc1. The summed E-state index contributed by atoms with van der Waals surface area (Å²) in [7, 11) is 0. The van der Waals surface area contributed by atoms with Crippen molar-refractivity contribution in [2.45, 2.75) is 138 Å². The van der Waals surface area contributed by atoms with E-state index in [4.69, 9.17) is 9.47 Å². The molecule has 35 rings (SSSR count). The van der Waals surface area contributed by atoms with Crippen LogP contribution in [-0.2, 0) is 21.0 Å². The first-order valence-corrected chi connectivity index (χ1v) is 31.5. The number of nitrogens with zero attached hydrogens (tertiary/aromatic N) is 1. The smallest absolute Gasteiger partial charge is 0.428 e. The number of rotatable bonds is 2. The molecule has 358 valence electrons. The fourth-order valence-corrected chi connectivity index (χ4v) is 35.4. The van der Waals surface area contributed by atoms with E-state index in [1.54, 1.807) is 0 Å². The van der Waals surface area contributed by atoms with E-state index in [0.29, 0.717) is 112 Å². The summed E-state index contributed by atoms with van der Waals surface area (Å²) in [5, 5.41) is 28.8. The van der Waals surface area contributed by atoms with Crippen LogP contribution >= 0.6 is 0 Å². The third kappa shape index (κ3) is 1.88. The minimum Gasteiger partial charge on any atom is -0.428 e. The zero-order valence-electron chi connectivity index (χ0n) is 42.6. The highest BCUT2D eigenvalue weighted by atomic mass is 16.7. The molecular weight excluding hydrogens is 951 g/mol. The molecule has 1 aliphatic heterocycles. The Morgan fingerprint density at radius 1 is 0.462 bits per heavy atom. The minimum absolute atomic E-state index is 0.0645. The molecule has 78 heavy (non-hydrogen) atoms. The number of anilines is 1. The molecule has 5 fully saturated rings. The summed E-state index contributed by atoms with van der Waals surface area (Å²) < 4.78 is 11.7. The minimum atomic E-state index is -0.610. The molecular formula is C74H39NO3. The summed E-state index contributed by atoms with van der Waals surface area (Å²) in [4.78, 5) is 16.2. The molecule has 25 aliphatic rings. The highest BCUT2D eigenvalue weighted by molar-refractivity contribution is 6.44. The van der Waals surface area contributed by atoms with Gasteiger partial charge in [0.15, 0.2) is 0 Å². The summed E-state index contributed by atoms with van der Waals surface area (Å²) in [6.07, 6.45) is 0.846. The maximum absolute atomic E-state index is 13.2. The van der Waals surface area contributed by atoms with Crippen molar-refractivity contribution in [1.29, 1.82) is 0 Å². The fraction of sp³-hybridized carbons (Fsp3) is 0.419. The van der Waals surface area contributed by atoms with Gasteiger partial charge in [-0.25, -0.2) is 4.79 Å². The third-order valence-corrected chi connectivity index (χ3v) is 33.5. The van der Waals surface area contributed by atoms with Crippen LogP contribution in [0.5, 0.6) is 5.75 Å². The van der Waals surface area contributed by atoms with E-state index in [2.05, 4.69) is 51.4 Å². The standard InChI is InChI=1S/C74H39NO3/c1-70(2,3)78-69(76)77-12-6-4-11(5-7-12)75-9-73-63-55-43-34-23-16-13-14-17-20(16)30-35-33-26(17)29-25-19(14)21-18-15(13)22-27(23)39(43)44-40-28(22)24(18)37-38-31(21)32(25)49-50-41(29)42(33)54-57-46(35)47(36(30)34)58(55)66(73)65(57)72-8-71-61(60(50)62(54)72)52(49)51(38)53-45(37)48(40)59(56(44)63)67(64(53)71)74(73,10-75)68(71)72/h4-7,13,15-16,18,21,23,31-32,34,36,43,47,49,52,55,58,61,65-66,68H,8-10H2,1-3H3. The van der Waals surface area contributed by atoms with Crippen LogP contribution in [0.3, 0.4) is 0 Å². The van der Waals surface area contributed by atoms with Crippen LogP contribution in [0.1, 0.15) is 216 Å². The number of ether oxygens (including phenoxy) is 2. The van der Waals surface area contributed by atoms with E-state index in [1.165, 1.54) is 18.7 Å². The van der Waals surface area contributed by atoms with Gasteiger partial charge in [0.1, 0.15) is 11.4 Å². The molecule has 10 aromatic carbocycles. The van der Waals surface area contributed by atoms with Gasteiger partial charge in [0.05, 0.1) is 0 Å². The number of benzene rings is 8. The van der Waals surface area contributed by atoms with Crippen molar-refractivity contribution < 1.29 is 14.3 Å². The second kappa shape index (κ2) is 7.57. The lowest BCUT2D eigenvalue weighted by atomic mass is 9.23. The Kier molecular flexibility index (Phi) is 3.17. The molecule has 0 aromatic heterocycles. The predicted molar refractivity (Wildman–Crippen MR) is 292 cm³/mol. The zero-order chi connectivity index (χ0) is 47.5. The van der Waals surface area contributed by atoms with Gasteiger partial charge in [-0.2, -0.15) is 0 Å². The third-order valence-electron chi connectivity index (χ3n) is 33.5. The van der Waals surface area contributed by atoms with Crippen LogP contribution < -0.4 is 14.9 Å². The Morgan fingerprint density at radius 3 is 1.83 bits per heavy atom. The van der Waals surface area contributed by atoms with Gasteiger partial charge in [0, 0.05) is 58.2 Å². The van der Waals surface area contributed by atoms with Gasteiger partial charge in [-0.05, 0) is 350 Å². The molecule has 2 bridgehead atoms. The second-order valence-electron chi connectivity index (χ2n) is 33.7. The number of hydrogen-bond acceptors (Lipinski definition) is 4. The van der Waals surface area contributed by atoms with Crippen molar-refractivity contribution >= 4 is 92.8 Å². The maximum Gasteiger partial charge on any atom is 0.514 e. The maximum atomic E-state index is 13.2. The summed E-state index contributed by atoms with van der Waals surface area (Å²) in [5.74, 6) is 14.0. The number of carbonyl (C=O) groups is 1. The Morgan fingerprint density at radius 2 is 1.00 bits per heavy atom. The molecule has 24 unspecified atom stereocenters. The molecule has 4 spiro atoms. The first-order chi connectivity index (χ1) is 38.3. The monoisotopic (exact) mass is 989 g/mol. The lowest BCUT2D eigenvalue weighted by molar-refractivity contribution is -0.174. The zero-order valence-corrected chi connectivity index (χ0v) is 42.6. The molecule has 0 radical (unpaired) electrons. The van der Waals surface area contributed by atoms with E-state index in [1.807, 2.05) is 196 Å². The van der Waals surface area contributed by atoms with Gasteiger partial charge >= 0.3 is 6.16 Å². The highest BCUT2D eigenvalue weighted by Crippen LogP contribution is 3.04. The van der Waals surface area contributed by atoms with Crippen LogP contribution in [0.4, 0.5) is 10.5 Å². The molecule has 24 atom stereocenters. The van der Waals surface area contributed by atoms with Crippen LogP contribution in [0.25, 0.3) is 92.1 Å². The van der Waals surface area contributed by atoms with Crippen molar-refractivity contribution in [3.05, 3.63) is 130 Å². The average molecular weight is 990 g/mol. The van der Waals surface area contributed by atoms with Crippen molar-refractivity contribution in [2.75, 3.05) is 18.0 Å². The van der Waals surface area contributed by atoms with Crippen molar-refractivity contribution in [3.8, 4) is 16.9 Å². The van der Waals surface area contributed by atoms with Gasteiger partial charge in [-0.1, -0.05) is 0 Å². The first kappa shape index (κ1) is 32.6. The predicted octanol–water partition coefficient (Wildman–Crippen LogP) is 13.7. The highest BCUT2D eigenvalue weighted by Gasteiger charge is 2.98. The van der Waals surface area contributed by atoms with Gasteiger partial charge < -0.3 is 14.4 Å². The molecule has 4 heteroatoms. The lowest BCUT2D eigenvalue weighted by Gasteiger charge is -2.78. The average Bonchev–Trinajstić information content (AvgIpc) is 1.38. The van der Waals surface area contributed by atoms with Gasteiger partial charge in [-0.15, -0.1) is 0 Å². The summed E-state index contributed by atoms with van der Waals surface area (Å²) in [5.41, 5.74) is 43.8. The number of carbonyl (C=O) groups excluding carboxylic acids is 1. The van der Waals surface area contributed by atoms with Crippen molar-refractivity contribution in [3.63, 3.8) is 0 Å². The van der Waals surface area contributed by atoms with Crippen LogP contribution in [0.2, 0.25) is 0 Å². The largest absolute Gasteiger partial charge is 0.514 e. The van der Waals surface area contributed by atoms with Gasteiger partial charge in [0.25, 0.3) is 0 Å². The molecule has 4 saturated carbocycles. The normalized spacial score (nSPS) is 49.5. The summed E-state index contributed by atoms with van der Waals surface area (Å²) in [6.45, 7) is 8.09. The van der Waals surface area contributed by atoms with E-state index >= 15 is 0 Å². The Hall–Kier alpha value is -6.39.